The number of nitrogens with one attached hydrogen (secondary N) is 1. The van der Waals surface area contributed by atoms with Gasteiger partial charge in [-0.05, 0) is 26.0 Å². The average Bonchev–Trinajstić information content (AvgIpc) is 2.40. The molecule has 0 spiro atoms. The standard InChI is InChI=1S/C14H19NO2/c1-15-14(10-6-5-9-13(14)16)11-7-3-4-8-12(11)17-2/h3-4,7-8,15H,5-6,9-10H2,1-2H3/t14-/m1/s1. The third kappa shape index (κ3) is 1.95. The molecular weight excluding hydrogens is 214 g/mol. The van der Waals surface area contributed by atoms with Crippen molar-refractivity contribution in [2.24, 2.45) is 0 Å². The highest BCUT2D eigenvalue weighted by Gasteiger charge is 2.41. The van der Waals surface area contributed by atoms with Gasteiger partial charge < -0.3 is 10.1 Å². The molecule has 2 rings (SSSR count). The van der Waals surface area contributed by atoms with Crippen LogP contribution >= 0.6 is 0 Å². The van der Waals surface area contributed by atoms with E-state index in [0.717, 1.165) is 30.6 Å². The Balaban J connectivity index is 2.49. The number of Topliss-reactive ketones (excluding diaryl/α,β-unsaturated/α-hetero) is 1. The van der Waals surface area contributed by atoms with Crippen molar-refractivity contribution in [3.8, 4) is 5.75 Å². The van der Waals surface area contributed by atoms with Crippen molar-refractivity contribution in [1.82, 2.24) is 5.32 Å². The summed E-state index contributed by atoms with van der Waals surface area (Å²) < 4.78 is 5.38. The SMILES string of the molecule is CN[C@@]1(c2ccccc2OC)CCCCC1=O. The summed E-state index contributed by atoms with van der Waals surface area (Å²) in [5.41, 5.74) is 0.417. The number of ketones is 1. The fourth-order valence-corrected chi connectivity index (χ4v) is 2.71. The molecule has 3 heteroatoms. The number of methoxy groups -OCH3 is 1. The monoisotopic (exact) mass is 233 g/mol. The molecule has 1 atom stereocenters. The van der Waals surface area contributed by atoms with Crippen LogP contribution in [0, 0.1) is 0 Å². The lowest BCUT2D eigenvalue weighted by Gasteiger charge is -2.36. The number of carbonyl (C=O) groups is 1. The predicted molar refractivity (Wildman–Crippen MR) is 67.2 cm³/mol. The van der Waals surface area contributed by atoms with Gasteiger partial charge in [0.05, 0.1) is 7.11 Å². The van der Waals surface area contributed by atoms with Crippen molar-refractivity contribution in [2.45, 2.75) is 31.2 Å². The molecular formula is C14H19NO2. The van der Waals surface area contributed by atoms with Gasteiger partial charge in [0.15, 0.2) is 5.78 Å². The molecule has 0 unspecified atom stereocenters. The third-order valence-corrected chi connectivity index (χ3v) is 3.68. The Morgan fingerprint density at radius 2 is 2.06 bits per heavy atom. The molecule has 0 bridgehead atoms. The minimum Gasteiger partial charge on any atom is -0.496 e. The van der Waals surface area contributed by atoms with E-state index in [1.807, 2.05) is 31.3 Å². The van der Waals surface area contributed by atoms with Crippen LogP contribution in [0.5, 0.6) is 5.75 Å². The van der Waals surface area contributed by atoms with Gasteiger partial charge >= 0.3 is 0 Å². The summed E-state index contributed by atoms with van der Waals surface area (Å²) in [6.07, 6.45) is 3.57. The second-order valence-corrected chi connectivity index (χ2v) is 4.49. The summed E-state index contributed by atoms with van der Waals surface area (Å²) in [6, 6.07) is 7.78. The fraction of sp³-hybridized carbons (Fsp3) is 0.500. The molecule has 1 N–H and O–H groups in total. The zero-order valence-corrected chi connectivity index (χ0v) is 10.5. The molecule has 1 aromatic carbocycles. The van der Waals surface area contributed by atoms with Crippen LogP contribution in [-0.2, 0) is 10.3 Å². The molecule has 1 fully saturated rings. The van der Waals surface area contributed by atoms with Gasteiger partial charge in [-0.15, -0.1) is 0 Å². The van der Waals surface area contributed by atoms with Crippen LogP contribution in [0.1, 0.15) is 31.2 Å². The smallest absolute Gasteiger partial charge is 0.157 e. The van der Waals surface area contributed by atoms with Gasteiger partial charge in [0, 0.05) is 12.0 Å². The number of hydrogen-bond donors (Lipinski definition) is 1. The topological polar surface area (TPSA) is 38.3 Å². The van der Waals surface area contributed by atoms with Crippen LogP contribution in [0.2, 0.25) is 0 Å². The number of rotatable bonds is 3. The molecule has 92 valence electrons. The Morgan fingerprint density at radius 1 is 1.29 bits per heavy atom. The number of likely N-dealkylation sites (N-methyl/N-ethyl adjacent to an activating group) is 1. The first-order valence-corrected chi connectivity index (χ1v) is 6.10. The van der Waals surface area contributed by atoms with Crippen molar-refractivity contribution in [3.63, 3.8) is 0 Å². The van der Waals surface area contributed by atoms with Crippen molar-refractivity contribution in [2.75, 3.05) is 14.2 Å². The zero-order chi connectivity index (χ0) is 12.3. The van der Waals surface area contributed by atoms with E-state index in [2.05, 4.69) is 5.32 Å². The molecule has 1 saturated carbocycles. The number of benzene rings is 1. The van der Waals surface area contributed by atoms with E-state index < -0.39 is 5.54 Å². The maximum absolute atomic E-state index is 12.3. The van der Waals surface area contributed by atoms with E-state index in [9.17, 15) is 4.79 Å². The van der Waals surface area contributed by atoms with Crippen molar-refractivity contribution in [3.05, 3.63) is 29.8 Å². The van der Waals surface area contributed by atoms with E-state index in [1.165, 1.54) is 0 Å². The van der Waals surface area contributed by atoms with Gasteiger partial charge in [0.25, 0.3) is 0 Å². The molecule has 3 nitrogen and oxygen atoms in total. The molecule has 0 saturated heterocycles. The largest absolute Gasteiger partial charge is 0.496 e. The highest BCUT2D eigenvalue weighted by atomic mass is 16.5. The molecule has 0 radical (unpaired) electrons. The summed E-state index contributed by atoms with van der Waals surface area (Å²) in [5.74, 6) is 1.06. The number of ether oxygens (including phenoxy) is 1. The molecule has 0 aliphatic heterocycles. The minimum atomic E-state index is -0.551. The molecule has 17 heavy (non-hydrogen) atoms. The van der Waals surface area contributed by atoms with Gasteiger partial charge in [-0.2, -0.15) is 0 Å². The van der Waals surface area contributed by atoms with E-state index >= 15 is 0 Å². The van der Waals surface area contributed by atoms with E-state index in [-0.39, 0.29) is 5.78 Å². The molecule has 1 aliphatic carbocycles. The summed E-state index contributed by atoms with van der Waals surface area (Å²) in [6.45, 7) is 0. The molecule has 0 aromatic heterocycles. The maximum Gasteiger partial charge on any atom is 0.157 e. The first-order chi connectivity index (χ1) is 8.24. The van der Waals surface area contributed by atoms with Crippen LogP contribution in [0.25, 0.3) is 0 Å². The molecule has 1 aromatic rings. The summed E-state index contributed by atoms with van der Waals surface area (Å²) in [5, 5.41) is 3.23. The highest BCUT2D eigenvalue weighted by molar-refractivity contribution is 5.91. The summed E-state index contributed by atoms with van der Waals surface area (Å²) in [7, 11) is 3.51. The maximum atomic E-state index is 12.3. The van der Waals surface area contributed by atoms with Crippen LogP contribution in [0.4, 0.5) is 0 Å². The van der Waals surface area contributed by atoms with Crippen LogP contribution < -0.4 is 10.1 Å². The first kappa shape index (κ1) is 12.1. The Labute approximate surface area is 102 Å². The van der Waals surface area contributed by atoms with E-state index in [4.69, 9.17) is 4.74 Å². The Morgan fingerprint density at radius 3 is 2.71 bits per heavy atom. The van der Waals surface area contributed by atoms with Crippen LogP contribution in [0.3, 0.4) is 0 Å². The quantitative estimate of drug-likeness (QED) is 0.870. The lowest BCUT2D eigenvalue weighted by Crippen LogP contribution is -2.49. The van der Waals surface area contributed by atoms with Gasteiger partial charge in [-0.3, -0.25) is 4.79 Å². The van der Waals surface area contributed by atoms with Gasteiger partial charge in [-0.25, -0.2) is 0 Å². The highest BCUT2D eigenvalue weighted by Crippen LogP contribution is 2.38. The van der Waals surface area contributed by atoms with Crippen molar-refractivity contribution >= 4 is 5.78 Å². The average molecular weight is 233 g/mol. The predicted octanol–water partition coefficient (Wildman–Crippen LogP) is 2.25. The third-order valence-electron chi connectivity index (χ3n) is 3.68. The van der Waals surface area contributed by atoms with Gasteiger partial charge in [0.2, 0.25) is 0 Å². The van der Waals surface area contributed by atoms with Crippen LogP contribution in [-0.4, -0.2) is 19.9 Å². The first-order valence-electron chi connectivity index (χ1n) is 6.10. The van der Waals surface area contributed by atoms with Gasteiger partial charge in [0.1, 0.15) is 11.3 Å². The van der Waals surface area contributed by atoms with E-state index in [0.29, 0.717) is 6.42 Å². The Bertz CT molecular complexity index is 416. The Hall–Kier alpha value is -1.35. The van der Waals surface area contributed by atoms with Crippen molar-refractivity contribution in [1.29, 1.82) is 0 Å². The molecule has 0 amide bonds. The Kier molecular flexibility index (Phi) is 3.48. The second-order valence-electron chi connectivity index (χ2n) is 4.49. The zero-order valence-electron chi connectivity index (χ0n) is 10.5. The second kappa shape index (κ2) is 4.88. The summed E-state index contributed by atoms with van der Waals surface area (Å²) >= 11 is 0. The fourth-order valence-electron chi connectivity index (χ4n) is 2.71. The number of para-hydroxylation sites is 1. The van der Waals surface area contributed by atoms with Gasteiger partial charge in [-0.1, -0.05) is 24.6 Å². The summed E-state index contributed by atoms with van der Waals surface area (Å²) in [4.78, 5) is 12.3. The number of hydrogen-bond acceptors (Lipinski definition) is 3. The normalized spacial score (nSPS) is 24.7. The molecule has 0 heterocycles. The van der Waals surface area contributed by atoms with Crippen molar-refractivity contribution < 1.29 is 9.53 Å². The lowest BCUT2D eigenvalue weighted by molar-refractivity contribution is -0.127. The lowest BCUT2D eigenvalue weighted by atomic mass is 9.75. The van der Waals surface area contributed by atoms with E-state index in [1.54, 1.807) is 7.11 Å². The van der Waals surface area contributed by atoms with Crippen LogP contribution in [0.15, 0.2) is 24.3 Å². The molecule has 1 aliphatic rings. The minimum absolute atomic E-state index is 0.274. The number of carbonyl (C=O) groups excluding carboxylic acids is 1.